The first kappa shape index (κ1) is 114. The van der Waals surface area contributed by atoms with Gasteiger partial charge >= 0.3 is 25.0 Å². The molecule has 0 spiro atoms. The highest BCUT2D eigenvalue weighted by Gasteiger charge is 2.53. The number of imidazole rings is 3. The van der Waals surface area contributed by atoms with Crippen LogP contribution in [0.1, 0.15) is 107 Å². The lowest BCUT2D eigenvalue weighted by Crippen LogP contribution is -2.41. The van der Waals surface area contributed by atoms with Crippen molar-refractivity contribution in [3.05, 3.63) is 348 Å². The van der Waals surface area contributed by atoms with E-state index in [0.717, 1.165) is 96.4 Å². The quantitative estimate of drug-likeness (QED) is 0.00538. The van der Waals surface area contributed by atoms with Crippen molar-refractivity contribution in [3.63, 3.8) is 0 Å². The maximum absolute atomic E-state index is 12.5. The largest absolute Gasteiger partial charge is 0.514 e. The molecule has 2 amide bonds. The number of thiazole rings is 4. The molecule has 1 fully saturated rings. The number of hydrogen-bond acceptors (Lipinski definition) is 32. The van der Waals surface area contributed by atoms with E-state index in [2.05, 4.69) is 156 Å². The van der Waals surface area contributed by atoms with Gasteiger partial charge in [-0.3, -0.25) is 18.4 Å². The number of nitrogen functional groups attached to an aromatic ring is 4. The standard InChI is InChI=1S/2C23H18N6OS.C13H17BN2O2.C12H11BrN2O2S.C12H12N2O2S.C10H12N2O2S.C6H8N2.C2H3ClO.C2H6O.Br2/c2*24-17-5-1-2-6-18(17)28-22(30)15-8-10-16(11-9-15)27-23-26-14-20(31-23)19-13-25-21-7-3-4-12-29(19)21;1-12(2)13(3,4)18-14(17-12)10-9-15-11-7-5-6-8-16(10)11;1-2-17-11(16)8-3-5-9(6-4-8)15-12-14-7-10(13)18-12;1-2-16-11(15)9-3-5-10(6-4-9)14-12-13-7-8-17-12;1-2-14-9(13)7-3-5-8(6-4-7)12-10(11)15;7-5-3-1-2-4-6(5)8;3-1-2-4;1-2-3;1-2/h2*1-14H,24H2,(H,26,27)(H,28,30);5-9H,1-4H3;3-7H,2H2,1H3,(H,14,15);3-8H,2H2,1H3,(H,13,14);3-6H,2H2,1H3,(H3,11,12,15);1-4H,7-8H2;2H,1H2;3H,2H2,1H3;. The molecule has 34 nitrogen and oxygen atoms in total. The zero-order chi connectivity index (χ0) is 106. The summed E-state index contributed by atoms with van der Waals surface area (Å²) < 4.78 is 33.8. The van der Waals surface area contributed by atoms with Crippen molar-refractivity contribution in [2.45, 2.75) is 66.6 Å². The van der Waals surface area contributed by atoms with Crippen LogP contribution in [0.25, 0.3) is 38.1 Å². The summed E-state index contributed by atoms with van der Waals surface area (Å²) >= 11 is 24.4. The van der Waals surface area contributed by atoms with Gasteiger partial charge in [0, 0.05) is 123 Å². The third-order valence-electron chi connectivity index (χ3n) is 20.4. The van der Waals surface area contributed by atoms with Crippen LogP contribution in [0.2, 0.25) is 0 Å². The summed E-state index contributed by atoms with van der Waals surface area (Å²) in [6, 6.07) is 74.7. The first-order valence-corrected chi connectivity index (χ1v) is 53.7. The number of carbonyl (C=O) groups is 6. The van der Waals surface area contributed by atoms with E-state index in [9.17, 15) is 24.0 Å². The first-order valence-electron chi connectivity index (χ1n) is 44.9. The minimum atomic E-state index is -0.368. The summed E-state index contributed by atoms with van der Waals surface area (Å²) in [5.41, 5.74) is 43.3. The highest BCUT2D eigenvalue weighted by Crippen LogP contribution is 2.38. The molecule has 0 bridgehead atoms. The molecule has 1 saturated heterocycles. The number of hydrogen-bond donors (Lipinski definition) is 13. The van der Waals surface area contributed by atoms with Crippen LogP contribution in [0.4, 0.5) is 83.1 Å². The molecular formula is C103H105BBr3ClN22O12S5. The van der Waals surface area contributed by atoms with E-state index >= 15 is 0 Å². The van der Waals surface area contributed by atoms with Gasteiger partial charge in [-0.25, -0.2) is 49.3 Å². The molecule has 760 valence electrons. The highest BCUT2D eigenvalue weighted by atomic mass is 80.9. The molecule has 0 unspecified atom stereocenters. The number of pyridine rings is 3. The number of para-hydroxylation sites is 6. The van der Waals surface area contributed by atoms with Crippen molar-refractivity contribution in [2.75, 3.05) is 92.5 Å². The van der Waals surface area contributed by atoms with Crippen molar-refractivity contribution in [1.29, 1.82) is 0 Å². The molecule has 0 atom stereocenters. The Bertz CT molecular complexity index is 7010. The molecule has 1 aliphatic heterocycles. The zero-order valence-electron chi connectivity index (χ0n) is 80.6. The number of nitrogens with zero attached hydrogens (tertiary/aromatic N) is 10. The number of nitrogens with one attached hydrogen (secondary N) is 7. The fourth-order valence-corrected chi connectivity index (χ4v) is 16.2. The number of amides is 2. The lowest BCUT2D eigenvalue weighted by molar-refractivity contribution is -0.105. The number of fused-ring (bicyclic) bond motifs is 3. The normalized spacial score (nSPS) is 11.4. The van der Waals surface area contributed by atoms with Crippen molar-refractivity contribution in [3.8, 4) is 21.1 Å². The number of alkyl halides is 1. The van der Waals surface area contributed by atoms with Gasteiger partial charge in [0.25, 0.3) is 11.8 Å². The monoisotopic (exact) mass is 2280 g/mol. The molecule has 18 aromatic rings. The number of aldehydes is 1. The first-order chi connectivity index (χ1) is 71.0. The smallest absolute Gasteiger partial charge is 0.462 e. The Morgan fingerprint density at radius 2 is 0.762 bits per heavy atom. The summed E-state index contributed by atoms with van der Waals surface area (Å²) in [5.74, 6) is -1.25. The fourth-order valence-electron chi connectivity index (χ4n) is 12.7. The van der Waals surface area contributed by atoms with Gasteiger partial charge in [0.2, 0.25) is 0 Å². The van der Waals surface area contributed by atoms with Crippen LogP contribution < -0.4 is 71.5 Å². The van der Waals surface area contributed by atoms with Crippen LogP contribution in [-0.4, -0.2) is 145 Å². The van der Waals surface area contributed by atoms with E-state index in [1.807, 2.05) is 208 Å². The van der Waals surface area contributed by atoms with Gasteiger partial charge in [-0.1, -0.05) is 88.6 Å². The topological polar surface area (TPSA) is 487 Å². The molecule has 8 aromatic carbocycles. The molecule has 44 heteroatoms. The van der Waals surface area contributed by atoms with Gasteiger partial charge < -0.3 is 104 Å². The summed E-state index contributed by atoms with van der Waals surface area (Å²) in [6.45, 7) is 16.6. The van der Waals surface area contributed by atoms with Crippen LogP contribution in [0.5, 0.6) is 0 Å². The van der Waals surface area contributed by atoms with Gasteiger partial charge in [0.1, 0.15) is 23.2 Å². The van der Waals surface area contributed by atoms with E-state index in [-0.39, 0.29) is 65.6 Å². The van der Waals surface area contributed by atoms with Crippen molar-refractivity contribution < 1.29 is 57.4 Å². The van der Waals surface area contributed by atoms with Gasteiger partial charge in [-0.15, -0.1) is 22.9 Å². The highest BCUT2D eigenvalue weighted by molar-refractivity contribution is 9.93. The Balaban J connectivity index is 0.000000178. The number of thiocarbonyl (C=S) groups is 1. The van der Waals surface area contributed by atoms with E-state index < -0.39 is 0 Å². The van der Waals surface area contributed by atoms with Gasteiger partial charge in [-0.2, -0.15) is 0 Å². The molecule has 19 rings (SSSR count). The maximum atomic E-state index is 12.5. The number of esters is 3. The molecule has 10 aromatic heterocycles. The summed E-state index contributed by atoms with van der Waals surface area (Å²) in [5, 5.41) is 34.1. The predicted molar refractivity (Wildman–Crippen MR) is 609 cm³/mol. The molecule has 147 heavy (non-hydrogen) atoms. The Labute approximate surface area is 898 Å². The lowest BCUT2D eigenvalue weighted by Gasteiger charge is -2.32. The van der Waals surface area contributed by atoms with Gasteiger partial charge in [0.15, 0.2) is 25.6 Å². The third kappa shape index (κ3) is 34.7. The Hall–Kier alpha value is -14.9. The minimum Gasteiger partial charge on any atom is -0.462 e. The van der Waals surface area contributed by atoms with E-state index in [4.69, 9.17) is 73.7 Å². The van der Waals surface area contributed by atoms with E-state index in [1.54, 1.807) is 149 Å². The molecule has 0 radical (unpaired) electrons. The van der Waals surface area contributed by atoms with E-state index in [0.29, 0.717) is 88.0 Å². The fraction of sp³-hybridized carbons (Fsp3) is 0.146. The van der Waals surface area contributed by atoms with Gasteiger partial charge in [-0.05, 0) is 278 Å². The van der Waals surface area contributed by atoms with Crippen LogP contribution in [0.3, 0.4) is 0 Å². The number of aliphatic hydroxyl groups excluding tert-OH is 1. The number of ether oxygens (including phenoxy) is 3. The SMILES string of the molecule is BrBr.CC1(C)OB(c2cnc3ccccn23)OC1(C)C.CCO.CCOC(=O)c1ccc(NC(N)=S)cc1.CCOC(=O)c1ccc(Nc2ncc(Br)s2)cc1.CCOC(=O)c1ccc(Nc2nccs2)cc1.Nc1ccccc1N.Nc1ccccc1NC(=O)c1ccc(Nc2ncc(-c3cnc4ccccn34)s2)cc1.Nc1ccccc1NC(=O)c1ccc(Nc2ncc(-c3cnc4ccccn34)s2)cc1.O=CCCl. The number of anilines is 15. The second-order valence-electron chi connectivity index (χ2n) is 31.1. The number of nitrogens with two attached hydrogens (primary N) is 5. The molecule has 0 saturated carbocycles. The van der Waals surface area contributed by atoms with Crippen molar-refractivity contribution in [1.82, 2.24) is 48.1 Å². The number of aromatic nitrogens is 10. The van der Waals surface area contributed by atoms with Crippen molar-refractivity contribution in [2.24, 2.45) is 5.73 Å². The summed E-state index contributed by atoms with van der Waals surface area (Å²) in [4.78, 5) is 101. The van der Waals surface area contributed by atoms with Crippen LogP contribution in [0.15, 0.2) is 320 Å². The third-order valence-corrected chi connectivity index (χ3v) is 24.6. The number of rotatable bonds is 23. The zero-order valence-corrected chi connectivity index (χ0v) is 90.2. The number of carbonyl (C=O) groups excluding carboxylic acids is 6. The van der Waals surface area contributed by atoms with Crippen LogP contribution in [-0.2, 0) is 28.3 Å². The second-order valence-corrected chi connectivity index (χ2v) is 37.2. The van der Waals surface area contributed by atoms with Gasteiger partial charge in [0.05, 0.1) is 137 Å². The maximum Gasteiger partial charge on any atom is 0.514 e. The summed E-state index contributed by atoms with van der Waals surface area (Å²) in [7, 11) is -0.368. The Morgan fingerprint density at radius 3 is 1.10 bits per heavy atom. The number of halogens is 4. The Morgan fingerprint density at radius 1 is 0.435 bits per heavy atom. The number of aliphatic hydroxyl groups is 1. The Kier molecular flexibility index (Phi) is 45.3. The van der Waals surface area contributed by atoms with Crippen LogP contribution >= 0.6 is 113 Å². The van der Waals surface area contributed by atoms with E-state index in [1.165, 1.54) is 45.3 Å². The molecule has 1 aliphatic rings. The molecular weight excluding hydrogens is 2180 g/mol. The molecule has 18 N–H and O–H groups in total. The molecule has 11 heterocycles. The minimum absolute atomic E-state index is 0.111. The molecule has 0 aliphatic carbocycles. The average Bonchev–Trinajstić information content (AvgIpc) is 1.60. The lowest BCUT2D eigenvalue weighted by atomic mass is 9.85. The van der Waals surface area contributed by atoms with Crippen molar-refractivity contribution >= 4 is 267 Å². The second kappa shape index (κ2) is 58.3. The number of benzene rings is 8. The van der Waals surface area contributed by atoms with Crippen LogP contribution in [0, 0.1) is 0 Å². The predicted octanol–water partition coefficient (Wildman–Crippen LogP) is 23.1. The average molecular weight is 2290 g/mol. The summed E-state index contributed by atoms with van der Waals surface area (Å²) in [6.07, 6.45) is 19.2.